The molecule has 198 valence electrons. The van der Waals surface area contributed by atoms with Crippen molar-refractivity contribution < 1.29 is 27.6 Å². The summed E-state index contributed by atoms with van der Waals surface area (Å²) in [6.07, 6.45) is 2.00. The van der Waals surface area contributed by atoms with Crippen LogP contribution >= 0.6 is 0 Å². The van der Waals surface area contributed by atoms with E-state index in [2.05, 4.69) is 5.32 Å². The Morgan fingerprint density at radius 2 is 1.66 bits per heavy atom. The van der Waals surface area contributed by atoms with Crippen LogP contribution in [0.4, 0.5) is 5.69 Å². The quantitative estimate of drug-likeness (QED) is 0.590. The Kier molecular flexibility index (Phi) is 6.07. The maximum Gasteiger partial charge on any atom is 0.255 e. The monoisotopic (exact) mass is 536 g/mol. The number of sulfonamides is 1. The number of nitrogens with zero attached hydrogens (tertiary/aromatic N) is 3. The second-order valence-corrected chi connectivity index (χ2v) is 12.1. The zero-order valence-corrected chi connectivity index (χ0v) is 21.6. The van der Waals surface area contributed by atoms with E-state index in [0.29, 0.717) is 24.9 Å². The number of benzene rings is 2. The van der Waals surface area contributed by atoms with Crippen LogP contribution in [0.2, 0.25) is 0 Å². The number of rotatable bonds is 4. The van der Waals surface area contributed by atoms with Gasteiger partial charge in [0.2, 0.25) is 27.7 Å². The van der Waals surface area contributed by atoms with Crippen LogP contribution in [-0.4, -0.2) is 66.9 Å². The first kappa shape index (κ1) is 24.7. The number of carbonyl (C=O) groups excluding carboxylic acids is 4. The summed E-state index contributed by atoms with van der Waals surface area (Å²) in [5.41, 5.74) is 2.72. The molecule has 2 aromatic carbocycles. The van der Waals surface area contributed by atoms with Gasteiger partial charge in [0.25, 0.3) is 5.91 Å². The SMILES string of the molecule is O=C1CCC(N2Cc3c(cccc3S(=O)(=O)N3CCC(C(=O)N4CCc5ccccc54)CC3)C2=O)C(=O)N1. The van der Waals surface area contributed by atoms with Gasteiger partial charge in [0.1, 0.15) is 6.04 Å². The van der Waals surface area contributed by atoms with Crippen molar-refractivity contribution in [2.24, 2.45) is 5.92 Å². The van der Waals surface area contributed by atoms with Crippen LogP contribution in [0.15, 0.2) is 47.4 Å². The molecule has 0 aromatic heterocycles. The Balaban J connectivity index is 1.17. The lowest BCUT2D eigenvalue weighted by atomic mass is 9.96. The third-order valence-corrected chi connectivity index (χ3v) is 10.1. The Hall–Kier alpha value is -3.57. The zero-order chi connectivity index (χ0) is 26.6. The number of carbonyl (C=O) groups is 4. The van der Waals surface area contributed by atoms with E-state index in [1.54, 1.807) is 12.1 Å². The lowest BCUT2D eigenvalue weighted by molar-refractivity contribution is -0.137. The van der Waals surface area contributed by atoms with Gasteiger partial charge < -0.3 is 9.80 Å². The van der Waals surface area contributed by atoms with Crippen LogP contribution in [0.3, 0.4) is 0 Å². The van der Waals surface area contributed by atoms with E-state index in [4.69, 9.17) is 0 Å². The average molecular weight is 537 g/mol. The minimum Gasteiger partial charge on any atom is -0.322 e. The molecular formula is C27H28N4O6S. The first-order valence-corrected chi connectivity index (χ1v) is 14.4. The van der Waals surface area contributed by atoms with Crippen LogP contribution in [0.5, 0.6) is 0 Å². The number of piperidine rings is 2. The summed E-state index contributed by atoms with van der Waals surface area (Å²) < 4.78 is 28.8. The summed E-state index contributed by atoms with van der Waals surface area (Å²) in [6, 6.07) is 11.7. The van der Waals surface area contributed by atoms with Gasteiger partial charge in [0.05, 0.1) is 4.90 Å². The van der Waals surface area contributed by atoms with Gasteiger partial charge in [-0.05, 0) is 49.4 Å². The van der Waals surface area contributed by atoms with Gasteiger partial charge in [-0.2, -0.15) is 4.31 Å². The molecule has 2 aromatic rings. The minimum atomic E-state index is -3.93. The molecule has 4 aliphatic heterocycles. The molecule has 1 unspecified atom stereocenters. The van der Waals surface area contributed by atoms with Crippen molar-refractivity contribution in [1.29, 1.82) is 0 Å². The molecule has 0 spiro atoms. The smallest absolute Gasteiger partial charge is 0.255 e. The summed E-state index contributed by atoms with van der Waals surface area (Å²) in [6.45, 7) is 1.05. The van der Waals surface area contributed by atoms with Crippen molar-refractivity contribution in [2.45, 2.75) is 49.6 Å². The highest BCUT2D eigenvalue weighted by Crippen LogP contribution is 2.35. The van der Waals surface area contributed by atoms with Crippen molar-refractivity contribution >= 4 is 39.3 Å². The fourth-order valence-corrected chi connectivity index (χ4v) is 7.77. The highest BCUT2D eigenvalue weighted by Gasteiger charge is 2.43. The average Bonchev–Trinajstić information content (AvgIpc) is 3.50. The summed E-state index contributed by atoms with van der Waals surface area (Å²) in [4.78, 5) is 53.5. The van der Waals surface area contributed by atoms with E-state index in [-0.39, 0.29) is 60.7 Å². The Morgan fingerprint density at radius 3 is 2.42 bits per heavy atom. The minimum absolute atomic E-state index is 0.0147. The molecule has 0 bridgehead atoms. The molecule has 4 aliphatic rings. The Morgan fingerprint density at radius 1 is 0.895 bits per heavy atom. The predicted octanol–water partition coefficient (Wildman–Crippen LogP) is 1.44. The largest absolute Gasteiger partial charge is 0.322 e. The topological polar surface area (TPSA) is 124 Å². The number of hydrogen-bond donors (Lipinski definition) is 1. The summed E-state index contributed by atoms with van der Waals surface area (Å²) >= 11 is 0. The highest BCUT2D eigenvalue weighted by molar-refractivity contribution is 7.89. The molecule has 0 aliphatic carbocycles. The number of amides is 4. The molecule has 0 saturated carbocycles. The molecule has 4 amide bonds. The molecule has 10 nitrogen and oxygen atoms in total. The standard InChI is InChI=1S/C27H28N4O6S/c32-24-9-8-22(25(33)28-24)31-16-20-19(27(31)35)5-3-7-23(20)38(36,37)29-13-10-18(11-14-29)26(34)30-15-12-17-4-1-2-6-21(17)30/h1-7,18,22H,8-16H2,(H,28,32,33). The fourth-order valence-electron chi connectivity index (χ4n) is 6.07. The van der Waals surface area contributed by atoms with Gasteiger partial charge in [-0.15, -0.1) is 0 Å². The number of hydrogen-bond acceptors (Lipinski definition) is 6. The third-order valence-electron chi connectivity index (χ3n) is 8.11. The zero-order valence-electron chi connectivity index (χ0n) is 20.8. The van der Waals surface area contributed by atoms with Crippen molar-refractivity contribution in [3.63, 3.8) is 0 Å². The molecule has 6 rings (SSSR count). The summed E-state index contributed by atoms with van der Waals surface area (Å²) in [5, 5.41) is 2.26. The van der Waals surface area contributed by atoms with E-state index >= 15 is 0 Å². The Labute approximate surface area is 220 Å². The van der Waals surface area contributed by atoms with Crippen molar-refractivity contribution in [3.8, 4) is 0 Å². The summed E-state index contributed by atoms with van der Waals surface area (Å²) in [5.74, 6) is -1.55. The molecule has 0 radical (unpaired) electrons. The normalized spacial score (nSPS) is 22.4. The van der Waals surface area contributed by atoms with E-state index in [1.807, 2.05) is 29.2 Å². The maximum absolute atomic E-state index is 13.7. The lowest BCUT2D eigenvalue weighted by Crippen LogP contribution is -2.52. The van der Waals surface area contributed by atoms with Gasteiger partial charge in [-0.25, -0.2) is 8.42 Å². The van der Waals surface area contributed by atoms with Crippen LogP contribution in [0.25, 0.3) is 0 Å². The lowest BCUT2D eigenvalue weighted by Gasteiger charge is -2.33. The van der Waals surface area contributed by atoms with E-state index in [1.165, 1.54) is 15.3 Å². The molecule has 2 saturated heterocycles. The highest BCUT2D eigenvalue weighted by atomic mass is 32.2. The predicted molar refractivity (Wildman–Crippen MR) is 136 cm³/mol. The molecular weight excluding hydrogens is 508 g/mol. The molecule has 2 fully saturated rings. The molecule has 1 N–H and O–H groups in total. The Bertz CT molecular complexity index is 1460. The van der Waals surface area contributed by atoms with Crippen molar-refractivity contribution in [1.82, 2.24) is 14.5 Å². The van der Waals surface area contributed by atoms with Crippen LogP contribution < -0.4 is 10.2 Å². The van der Waals surface area contributed by atoms with E-state index < -0.39 is 27.9 Å². The van der Waals surface area contributed by atoms with Gasteiger partial charge >= 0.3 is 0 Å². The van der Waals surface area contributed by atoms with Crippen molar-refractivity contribution in [3.05, 3.63) is 59.2 Å². The van der Waals surface area contributed by atoms with Gasteiger partial charge in [-0.3, -0.25) is 24.5 Å². The second-order valence-electron chi connectivity index (χ2n) is 10.2. The number of imide groups is 1. The number of anilines is 1. The van der Waals surface area contributed by atoms with Crippen LogP contribution in [0, 0.1) is 5.92 Å². The molecule has 4 heterocycles. The fraction of sp³-hybridized carbons (Fsp3) is 0.407. The first-order valence-electron chi connectivity index (χ1n) is 12.9. The molecule has 38 heavy (non-hydrogen) atoms. The van der Waals surface area contributed by atoms with Gasteiger partial charge in [0.15, 0.2) is 0 Å². The van der Waals surface area contributed by atoms with Crippen molar-refractivity contribution in [2.75, 3.05) is 24.5 Å². The van der Waals surface area contributed by atoms with Crippen LogP contribution in [-0.2, 0) is 37.4 Å². The van der Waals surface area contributed by atoms with E-state index in [0.717, 1.165) is 17.7 Å². The van der Waals surface area contributed by atoms with Gasteiger partial charge in [0, 0.05) is 55.3 Å². The van der Waals surface area contributed by atoms with Crippen LogP contribution in [0.1, 0.15) is 47.2 Å². The second kappa shape index (κ2) is 9.32. The van der Waals surface area contributed by atoms with Gasteiger partial charge in [-0.1, -0.05) is 24.3 Å². The summed E-state index contributed by atoms with van der Waals surface area (Å²) in [7, 11) is -3.93. The first-order chi connectivity index (χ1) is 18.3. The molecule has 11 heteroatoms. The van der Waals surface area contributed by atoms with E-state index in [9.17, 15) is 27.6 Å². The number of nitrogens with one attached hydrogen (secondary N) is 1. The maximum atomic E-state index is 13.7. The third kappa shape index (κ3) is 4.01. The molecule has 1 atom stereocenters. The number of fused-ring (bicyclic) bond motifs is 2. The number of para-hydroxylation sites is 1.